The van der Waals surface area contributed by atoms with Gasteiger partial charge in [0.2, 0.25) is 0 Å². The molecule has 3 aromatic rings. The molecule has 156 valence electrons. The number of carbonyl (C=O) groups excluding carboxylic acids is 3. The van der Waals surface area contributed by atoms with Gasteiger partial charge in [-0.3, -0.25) is 9.59 Å². The van der Waals surface area contributed by atoms with E-state index < -0.39 is 17.8 Å². The Labute approximate surface area is 187 Å². The van der Waals surface area contributed by atoms with Crippen molar-refractivity contribution in [1.29, 1.82) is 0 Å². The number of hydrazone groups is 1. The van der Waals surface area contributed by atoms with Crippen LogP contribution >= 0.6 is 15.9 Å². The van der Waals surface area contributed by atoms with Crippen molar-refractivity contribution in [3.63, 3.8) is 0 Å². The Bertz CT molecular complexity index is 1150. The SMILES string of the molecule is Cc1cc(Br)ccc1NC(=O)C(=O)N/N=C/c1ccccc1OC(=O)c1ccccc1. The van der Waals surface area contributed by atoms with Crippen molar-refractivity contribution in [2.24, 2.45) is 5.10 Å². The third kappa shape index (κ3) is 6.10. The number of benzene rings is 3. The highest BCUT2D eigenvalue weighted by atomic mass is 79.9. The van der Waals surface area contributed by atoms with Gasteiger partial charge >= 0.3 is 17.8 Å². The maximum Gasteiger partial charge on any atom is 0.343 e. The molecule has 0 bridgehead atoms. The number of esters is 1. The number of nitrogens with one attached hydrogen (secondary N) is 2. The topological polar surface area (TPSA) is 96.9 Å². The average molecular weight is 480 g/mol. The molecule has 7 nitrogen and oxygen atoms in total. The van der Waals surface area contributed by atoms with Crippen LogP contribution < -0.4 is 15.5 Å². The van der Waals surface area contributed by atoms with Crippen molar-refractivity contribution in [2.45, 2.75) is 6.92 Å². The molecule has 0 saturated carbocycles. The van der Waals surface area contributed by atoms with E-state index in [1.165, 1.54) is 6.21 Å². The van der Waals surface area contributed by atoms with Gasteiger partial charge in [0.1, 0.15) is 5.75 Å². The molecule has 3 aromatic carbocycles. The van der Waals surface area contributed by atoms with Gasteiger partial charge in [0, 0.05) is 15.7 Å². The van der Waals surface area contributed by atoms with Crippen molar-refractivity contribution < 1.29 is 19.1 Å². The highest BCUT2D eigenvalue weighted by molar-refractivity contribution is 9.10. The number of amides is 2. The van der Waals surface area contributed by atoms with Crippen LogP contribution in [-0.2, 0) is 9.59 Å². The van der Waals surface area contributed by atoms with E-state index in [0.717, 1.165) is 10.0 Å². The molecule has 0 aliphatic heterocycles. The van der Waals surface area contributed by atoms with Gasteiger partial charge in [-0.05, 0) is 55.0 Å². The van der Waals surface area contributed by atoms with Gasteiger partial charge in [-0.1, -0.05) is 46.3 Å². The van der Waals surface area contributed by atoms with Gasteiger partial charge in [-0.2, -0.15) is 5.10 Å². The number of carbonyl (C=O) groups is 3. The minimum atomic E-state index is -0.933. The third-order valence-electron chi connectivity index (χ3n) is 4.14. The van der Waals surface area contributed by atoms with E-state index in [4.69, 9.17) is 4.74 Å². The van der Waals surface area contributed by atoms with Crippen molar-refractivity contribution in [2.75, 3.05) is 5.32 Å². The van der Waals surface area contributed by atoms with Crippen LogP contribution in [0.3, 0.4) is 0 Å². The van der Waals surface area contributed by atoms with E-state index in [0.29, 0.717) is 16.8 Å². The maximum atomic E-state index is 12.3. The van der Waals surface area contributed by atoms with Crippen LogP contribution in [-0.4, -0.2) is 24.0 Å². The molecule has 31 heavy (non-hydrogen) atoms. The summed E-state index contributed by atoms with van der Waals surface area (Å²) in [6.45, 7) is 1.81. The summed E-state index contributed by atoms with van der Waals surface area (Å²) in [6.07, 6.45) is 1.30. The molecule has 2 N–H and O–H groups in total. The number of aryl methyl sites for hydroxylation is 1. The van der Waals surface area contributed by atoms with Crippen molar-refractivity contribution in [3.05, 3.63) is 94.0 Å². The summed E-state index contributed by atoms with van der Waals surface area (Å²) in [4.78, 5) is 36.4. The number of para-hydroxylation sites is 1. The Hall–Kier alpha value is -3.78. The molecule has 3 rings (SSSR count). The Morgan fingerprint density at radius 2 is 1.65 bits per heavy atom. The highest BCUT2D eigenvalue weighted by Gasteiger charge is 2.14. The molecule has 0 fully saturated rings. The predicted octanol–water partition coefficient (Wildman–Crippen LogP) is 4.07. The summed E-state index contributed by atoms with van der Waals surface area (Å²) in [5.74, 6) is -2.04. The van der Waals surface area contributed by atoms with Crippen molar-refractivity contribution in [3.8, 4) is 5.75 Å². The Balaban J connectivity index is 1.62. The van der Waals surface area contributed by atoms with Gasteiger partial charge in [0.15, 0.2) is 0 Å². The van der Waals surface area contributed by atoms with E-state index in [2.05, 4.69) is 31.8 Å². The lowest BCUT2D eigenvalue weighted by Crippen LogP contribution is -2.32. The normalized spacial score (nSPS) is 10.5. The Kier molecular flexibility index (Phi) is 7.29. The second-order valence-corrected chi connectivity index (χ2v) is 7.32. The fraction of sp³-hybridized carbons (Fsp3) is 0.0435. The standard InChI is InChI=1S/C23H18BrN3O4/c1-15-13-18(24)11-12-19(15)26-21(28)22(29)27-25-14-17-9-5-6-10-20(17)31-23(30)16-7-3-2-4-8-16/h2-14H,1H3,(H,26,28)(H,27,29)/b25-14+. The van der Waals surface area contributed by atoms with Crippen LogP contribution in [0, 0.1) is 6.92 Å². The second kappa shape index (κ2) is 10.3. The zero-order valence-electron chi connectivity index (χ0n) is 16.5. The molecular formula is C23H18BrN3O4. The zero-order chi connectivity index (χ0) is 22.2. The number of halogens is 1. The Morgan fingerprint density at radius 1 is 0.935 bits per heavy atom. The number of nitrogens with zero attached hydrogens (tertiary/aromatic N) is 1. The van der Waals surface area contributed by atoms with Gasteiger partial charge in [-0.25, -0.2) is 10.2 Å². The number of hydrogen-bond donors (Lipinski definition) is 2. The van der Waals surface area contributed by atoms with Gasteiger partial charge in [0.05, 0.1) is 11.8 Å². The van der Waals surface area contributed by atoms with Crippen LogP contribution in [0.25, 0.3) is 0 Å². The second-order valence-electron chi connectivity index (χ2n) is 6.41. The summed E-state index contributed by atoms with van der Waals surface area (Å²) in [6, 6.07) is 20.5. The molecular weight excluding hydrogens is 462 g/mol. The molecule has 0 aromatic heterocycles. The first-order valence-corrected chi connectivity index (χ1v) is 10.00. The van der Waals surface area contributed by atoms with Crippen molar-refractivity contribution >= 4 is 45.6 Å². The van der Waals surface area contributed by atoms with Crippen LogP contribution in [0.5, 0.6) is 5.75 Å². The van der Waals surface area contributed by atoms with E-state index in [9.17, 15) is 14.4 Å². The first-order valence-electron chi connectivity index (χ1n) is 9.21. The summed E-state index contributed by atoms with van der Waals surface area (Å²) in [5.41, 5.74) is 4.34. The van der Waals surface area contributed by atoms with Crippen LogP contribution in [0.2, 0.25) is 0 Å². The molecule has 0 spiro atoms. The van der Waals surface area contributed by atoms with E-state index in [-0.39, 0.29) is 5.75 Å². The lowest BCUT2D eigenvalue weighted by atomic mass is 10.2. The molecule has 0 atom stereocenters. The van der Waals surface area contributed by atoms with Crippen LogP contribution in [0.15, 0.2) is 82.4 Å². The zero-order valence-corrected chi connectivity index (χ0v) is 18.0. The molecule has 0 radical (unpaired) electrons. The summed E-state index contributed by atoms with van der Waals surface area (Å²) >= 11 is 3.34. The molecule has 0 unspecified atom stereocenters. The smallest absolute Gasteiger partial charge is 0.343 e. The summed E-state index contributed by atoms with van der Waals surface area (Å²) in [7, 11) is 0. The monoisotopic (exact) mass is 479 g/mol. The molecule has 0 saturated heterocycles. The number of ether oxygens (including phenoxy) is 1. The molecule has 8 heteroatoms. The van der Waals surface area contributed by atoms with Gasteiger partial charge in [0.25, 0.3) is 0 Å². The lowest BCUT2D eigenvalue weighted by molar-refractivity contribution is -0.136. The average Bonchev–Trinajstić information content (AvgIpc) is 2.77. The fourth-order valence-electron chi connectivity index (χ4n) is 2.57. The van der Waals surface area contributed by atoms with Crippen molar-refractivity contribution in [1.82, 2.24) is 5.43 Å². The molecule has 0 heterocycles. The number of anilines is 1. The minimum Gasteiger partial charge on any atom is -0.422 e. The van der Waals surface area contributed by atoms with Crippen LogP contribution in [0.4, 0.5) is 5.69 Å². The number of hydrogen-bond acceptors (Lipinski definition) is 5. The van der Waals surface area contributed by atoms with Gasteiger partial charge < -0.3 is 10.1 Å². The van der Waals surface area contributed by atoms with Crippen LogP contribution in [0.1, 0.15) is 21.5 Å². The largest absolute Gasteiger partial charge is 0.422 e. The number of rotatable bonds is 5. The van der Waals surface area contributed by atoms with E-state index >= 15 is 0 Å². The quantitative estimate of drug-likeness (QED) is 0.189. The maximum absolute atomic E-state index is 12.3. The van der Waals surface area contributed by atoms with Gasteiger partial charge in [-0.15, -0.1) is 0 Å². The lowest BCUT2D eigenvalue weighted by Gasteiger charge is -2.08. The molecule has 0 aliphatic rings. The Morgan fingerprint density at radius 3 is 2.39 bits per heavy atom. The fourth-order valence-corrected chi connectivity index (χ4v) is 3.05. The summed E-state index contributed by atoms with van der Waals surface area (Å²) in [5, 5.41) is 6.32. The first-order chi connectivity index (χ1) is 14.9. The predicted molar refractivity (Wildman–Crippen MR) is 121 cm³/mol. The van der Waals surface area contributed by atoms with E-state index in [1.54, 1.807) is 66.7 Å². The molecule has 2 amide bonds. The first kappa shape index (κ1) is 21.9. The molecule has 0 aliphatic carbocycles. The highest BCUT2D eigenvalue weighted by Crippen LogP contribution is 2.20. The minimum absolute atomic E-state index is 0.268. The van der Waals surface area contributed by atoms with E-state index in [1.807, 2.05) is 13.0 Å². The summed E-state index contributed by atoms with van der Waals surface area (Å²) < 4.78 is 6.28. The third-order valence-corrected chi connectivity index (χ3v) is 4.64.